The van der Waals surface area contributed by atoms with Crippen molar-refractivity contribution >= 4 is 17.4 Å². The van der Waals surface area contributed by atoms with Crippen molar-refractivity contribution in [3.63, 3.8) is 0 Å². The zero-order chi connectivity index (χ0) is 26.5. The number of nitrogens with one attached hydrogen (secondary N) is 1. The standard InChI is InChI=1S/C28H24F2N8O/c29-19-6-4-17(5-7-19)26-27(37-13-12-36(16-25(37)34-26)20-2-1-3-20)21-8-9-24-32-23(15-38(24)35-21)33-28(39)18-10-11-31-22(30)14-18/h4-11,14-15,20H,1-3,12-13,16H2,(H,33,39). The Morgan fingerprint density at radius 2 is 1.85 bits per heavy atom. The third-order valence-electron chi connectivity index (χ3n) is 7.50. The maximum Gasteiger partial charge on any atom is 0.257 e. The highest BCUT2D eigenvalue weighted by molar-refractivity contribution is 6.03. The van der Waals surface area contributed by atoms with Gasteiger partial charge in [-0.1, -0.05) is 6.42 Å². The van der Waals surface area contributed by atoms with Crippen LogP contribution in [0, 0.1) is 11.8 Å². The lowest BCUT2D eigenvalue weighted by Gasteiger charge is -2.39. The Bertz CT molecular complexity index is 1710. The number of hydrogen-bond acceptors (Lipinski definition) is 6. The van der Waals surface area contributed by atoms with E-state index in [0.717, 1.165) is 48.5 Å². The van der Waals surface area contributed by atoms with Crippen molar-refractivity contribution in [2.24, 2.45) is 0 Å². The highest BCUT2D eigenvalue weighted by Gasteiger charge is 2.31. The molecule has 1 saturated carbocycles. The highest BCUT2D eigenvalue weighted by Crippen LogP contribution is 2.36. The third kappa shape index (κ3) is 4.34. The van der Waals surface area contributed by atoms with E-state index in [1.54, 1.807) is 22.8 Å². The van der Waals surface area contributed by atoms with E-state index in [9.17, 15) is 13.6 Å². The van der Waals surface area contributed by atoms with E-state index >= 15 is 0 Å². The molecule has 5 heterocycles. The summed E-state index contributed by atoms with van der Waals surface area (Å²) in [4.78, 5) is 28.0. The Balaban J connectivity index is 1.25. The van der Waals surface area contributed by atoms with Crippen molar-refractivity contribution in [1.82, 2.24) is 34.0 Å². The highest BCUT2D eigenvalue weighted by atomic mass is 19.1. The van der Waals surface area contributed by atoms with E-state index in [1.165, 1.54) is 43.7 Å². The number of carbonyl (C=O) groups excluding carboxylic acids is 1. The Labute approximate surface area is 222 Å². The normalized spacial score (nSPS) is 15.7. The molecule has 1 aromatic carbocycles. The molecule has 1 N–H and O–H groups in total. The monoisotopic (exact) mass is 526 g/mol. The van der Waals surface area contributed by atoms with Gasteiger partial charge in [-0.2, -0.15) is 9.49 Å². The molecule has 1 amide bonds. The first-order valence-corrected chi connectivity index (χ1v) is 12.9. The molecule has 7 rings (SSSR count). The summed E-state index contributed by atoms with van der Waals surface area (Å²) < 4.78 is 31.0. The molecule has 1 aliphatic carbocycles. The van der Waals surface area contributed by atoms with E-state index in [4.69, 9.17) is 10.1 Å². The maximum absolute atomic E-state index is 13.7. The molecule has 0 radical (unpaired) electrons. The molecule has 11 heteroatoms. The molecule has 196 valence electrons. The molecule has 4 aromatic heterocycles. The summed E-state index contributed by atoms with van der Waals surface area (Å²) in [5.41, 5.74) is 3.78. The largest absolute Gasteiger partial charge is 0.324 e. The molecule has 2 aliphatic rings. The van der Waals surface area contributed by atoms with Crippen LogP contribution in [0.2, 0.25) is 0 Å². The number of pyridine rings is 1. The van der Waals surface area contributed by atoms with Crippen LogP contribution >= 0.6 is 0 Å². The third-order valence-corrected chi connectivity index (χ3v) is 7.50. The Kier molecular flexibility index (Phi) is 5.66. The van der Waals surface area contributed by atoms with Crippen LogP contribution in [-0.4, -0.2) is 52.5 Å². The van der Waals surface area contributed by atoms with E-state index in [2.05, 4.69) is 24.8 Å². The first-order valence-electron chi connectivity index (χ1n) is 12.9. The Morgan fingerprint density at radius 1 is 1.00 bits per heavy atom. The molecule has 1 aliphatic heterocycles. The lowest BCUT2D eigenvalue weighted by atomic mass is 9.91. The second-order valence-corrected chi connectivity index (χ2v) is 9.91. The summed E-state index contributed by atoms with van der Waals surface area (Å²) >= 11 is 0. The van der Waals surface area contributed by atoms with Crippen molar-refractivity contribution in [1.29, 1.82) is 0 Å². The number of rotatable bonds is 5. The number of halogens is 2. The number of carbonyl (C=O) groups is 1. The van der Waals surface area contributed by atoms with Gasteiger partial charge in [0, 0.05) is 42.5 Å². The van der Waals surface area contributed by atoms with Crippen molar-refractivity contribution in [2.75, 3.05) is 11.9 Å². The molecule has 5 aromatic rings. The van der Waals surface area contributed by atoms with Gasteiger partial charge in [0.05, 0.1) is 24.1 Å². The molecule has 0 atom stereocenters. The van der Waals surface area contributed by atoms with Gasteiger partial charge in [0.15, 0.2) is 11.5 Å². The van der Waals surface area contributed by atoms with Gasteiger partial charge in [-0.3, -0.25) is 9.69 Å². The van der Waals surface area contributed by atoms with E-state index < -0.39 is 11.9 Å². The van der Waals surface area contributed by atoms with Gasteiger partial charge in [0.25, 0.3) is 5.91 Å². The van der Waals surface area contributed by atoms with E-state index in [-0.39, 0.29) is 17.2 Å². The summed E-state index contributed by atoms with van der Waals surface area (Å²) in [6, 6.07) is 13.2. The van der Waals surface area contributed by atoms with Gasteiger partial charge in [-0.15, -0.1) is 0 Å². The average molecular weight is 527 g/mol. The second-order valence-electron chi connectivity index (χ2n) is 9.91. The molecule has 9 nitrogen and oxygen atoms in total. The molecule has 0 saturated heterocycles. The molecule has 0 unspecified atom stereocenters. The summed E-state index contributed by atoms with van der Waals surface area (Å²) in [6.07, 6.45) is 6.58. The summed E-state index contributed by atoms with van der Waals surface area (Å²) in [5, 5.41) is 7.49. The summed E-state index contributed by atoms with van der Waals surface area (Å²) in [6.45, 7) is 2.48. The number of fused-ring (bicyclic) bond motifs is 2. The summed E-state index contributed by atoms with van der Waals surface area (Å²) in [7, 11) is 0. The molecule has 39 heavy (non-hydrogen) atoms. The second kappa shape index (κ2) is 9.35. The molecule has 0 bridgehead atoms. The number of anilines is 1. The van der Waals surface area contributed by atoms with Crippen molar-refractivity contribution in [3.8, 4) is 22.6 Å². The minimum Gasteiger partial charge on any atom is -0.324 e. The predicted molar refractivity (Wildman–Crippen MR) is 140 cm³/mol. The van der Waals surface area contributed by atoms with Crippen LogP contribution in [0.15, 0.2) is 60.9 Å². The first kappa shape index (κ1) is 23.6. The van der Waals surface area contributed by atoms with Crippen LogP contribution < -0.4 is 5.32 Å². The van der Waals surface area contributed by atoms with Gasteiger partial charge in [-0.25, -0.2) is 23.9 Å². The van der Waals surface area contributed by atoms with Crippen LogP contribution in [0.1, 0.15) is 35.4 Å². The van der Waals surface area contributed by atoms with Crippen LogP contribution in [0.3, 0.4) is 0 Å². The minimum absolute atomic E-state index is 0.138. The van der Waals surface area contributed by atoms with Crippen LogP contribution in [0.25, 0.3) is 28.3 Å². The summed E-state index contributed by atoms with van der Waals surface area (Å²) in [5.74, 6) is -0.289. The molecule has 0 spiro atoms. The van der Waals surface area contributed by atoms with Crippen molar-refractivity contribution in [3.05, 3.63) is 84.1 Å². The predicted octanol–water partition coefficient (Wildman–Crippen LogP) is 4.55. The van der Waals surface area contributed by atoms with E-state index in [1.807, 2.05) is 12.1 Å². The molecular weight excluding hydrogens is 502 g/mol. The maximum atomic E-state index is 13.7. The number of aromatic nitrogens is 6. The SMILES string of the molecule is O=C(Nc1cn2nc(-c3c(-c4ccc(F)cc4)nc4n3CCN(C3CCC3)C4)ccc2n1)c1ccnc(F)c1. The Hall–Kier alpha value is -4.51. The topological polar surface area (TPSA) is 93.2 Å². The average Bonchev–Trinajstić information content (AvgIpc) is 3.48. The quantitative estimate of drug-likeness (QED) is 0.338. The fraction of sp³-hybridized carbons (Fsp3) is 0.250. The van der Waals surface area contributed by atoms with Crippen LogP contribution in [0.5, 0.6) is 0 Å². The van der Waals surface area contributed by atoms with Gasteiger partial charge in [0.1, 0.15) is 17.3 Å². The number of hydrogen-bond donors (Lipinski definition) is 1. The van der Waals surface area contributed by atoms with Crippen molar-refractivity contribution < 1.29 is 13.6 Å². The van der Waals surface area contributed by atoms with Crippen molar-refractivity contribution in [2.45, 2.75) is 38.4 Å². The molecule has 1 fully saturated rings. The van der Waals surface area contributed by atoms with Crippen LogP contribution in [0.4, 0.5) is 14.6 Å². The van der Waals surface area contributed by atoms with Gasteiger partial charge in [0.2, 0.25) is 5.95 Å². The van der Waals surface area contributed by atoms with Gasteiger partial charge >= 0.3 is 0 Å². The van der Waals surface area contributed by atoms with E-state index in [0.29, 0.717) is 17.4 Å². The first-order chi connectivity index (χ1) is 19.0. The van der Waals surface area contributed by atoms with Crippen LogP contribution in [-0.2, 0) is 13.1 Å². The fourth-order valence-electron chi connectivity index (χ4n) is 5.28. The zero-order valence-corrected chi connectivity index (χ0v) is 20.9. The zero-order valence-electron chi connectivity index (χ0n) is 20.9. The number of benzene rings is 1. The Morgan fingerprint density at radius 3 is 2.62 bits per heavy atom. The lowest BCUT2D eigenvalue weighted by molar-refractivity contribution is 0.0960. The number of imidazole rings is 2. The fourth-order valence-corrected chi connectivity index (χ4v) is 5.28. The molecular formula is C28H24F2N8O. The van der Waals surface area contributed by atoms with Gasteiger partial charge in [-0.05, 0) is 55.3 Å². The smallest absolute Gasteiger partial charge is 0.257 e. The minimum atomic E-state index is -0.735. The lowest BCUT2D eigenvalue weighted by Crippen LogP contribution is -2.44. The number of nitrogens with zero attached hydrogens (tertiary/aromatic N) is 7. The number of amides is 1. The van der Waals surface area contributed by atoms with Gasteiger partial charge < -0.3 is 9.88 Å².